The number of nitro groups is 1. The van der Waals surface area contributed by atoms with E-state index in [0.29, 0.717) is 11.3 Å². The van der Waals surface area contributed by atoms with Gasteiger partial charge in [-0.15, -0.1) is 13.2 Å². The van der Waals surface area contributed by atoms with Crippen molar-refractivity contribution < 1.29 is 27.6 Å². The summed E-state index contributed by atoms with van der Waals surface area (Å²) in [5.41, 5.74) is 0.0720. The Hall–Kier alpha value is -2.62. The average molecular weight is 332 g/mol. The first-order valence-electron chi connectivity index (χ1n) is 5.66. The number of thiophene rings is 1. The molecule has 0 spiro atoms. The lowest BCUT2D eigenvalue weighted by atomic mass is 10.3. The molecular formula is C12H7F3N2O4S. The smallest absolute Gasteiger partial charge is 0.406 e. The number of hydrogen-bond acceptors (Lipinski definition) is 5. The number of amides is 1. The van der Waals surface area contributed by atoms with E-state index in [0.717, 1.165) is 12.1 Å². The number of carbonyl (C=O) groups is 1. The van der Waals surface area contributed by atoms with Crippen LogP contribution in [0.25, 0.3) is 0 Å². The Balaban J connectivity index is 2.11. The van der Waals surface area contributed by atoms with Crippen molar-refractivity contribution in [2.24, 2.45) is 0 Å². The number of nitrogens with one attached hydrogen (secondary N) is 1. The Bertz CT molecular complexity index is 714. The summed E-state index contributed by atoms with van der Waals surface area (Å²) in [5, 5.41) is 12.7. The molecule has 116 valence electrons. The highest BCUT2D eigenvalue weighted by atomic mass is 32.1. The summed E-state index contributed by atoms with van der Waals surface area (Å²) in [6.45, 7) is 0. The third-order valence-electron chi connectivity index (χ3n) is 2.32. The molecule has 1 amide bonds. The van der Waals surface area contributed by atoms with Gasteiger partial charge in [-0.2, -0.15) is 0 Å². The van der Waals surface area contributed by atoms with Crippen LogP contribution in [-0.2, 0) is 0 Å². The largest absolute Gasteiger partial charge is 0.573 e. The Morgan fingerprint density at radius 1 is 1.27 bits per heavy atom. The lowest BCUT2D eigenvalue weighted by molar-refractivity contribution is -0.380. The van der Waals surface area contributed by atoms with Gasteiger partial charge in [-0.25, -0.2) is 0 Å². The lowest BCUT2D eigenvalue weighted by Gasteiger charge is -2.10. The van der Waals surface area contributed by atoms with E-state index < -0.39 is 22.9 Å². The maximum atomic E-state index is 12.1. The van der Waals surface area contributed by atoms with Crippen LogP contribution in [0.1, 0.15) is 9.67 Å². The summed E-state index contributed by atoms with van der Waals surface area (Å²) in [6.07, 6.45) is -4.84. The molecule has 2 rings (SSSR count). The Morgan fingerprint density at radius 3 is 2.59 bits per heavy atom. The first-order valence-corrected chi connectivity index (χ1v) is 6.47. The fourth-order valence-electron chi connectivity index (χ4n) is 1.51. The zero-order valence-electron chi connectivity index (χ0n) is 10.6. The van der Waals surface area contributed by atoms with E-state index in [1.54, 1.807) is 0 Å². The standard InChI is InChI=1S/C12H7F3N2O4S/c13-12(14,15)21-8-3-1-2-7(6-8)16-11(18)9-4-5-10(22-9)17(19)20/h1-6H,(H,16,18). The van der Waals surface area contributed by atoms with Crippen LogP contribution in [0.3, 0.4) is 0 Å². The van der Waals surface area contributed by atoms with Gasteiger partial charge in [0.15, 0.2) is 0 Å². The summed E-state index contributed by atoms with van der Waals surface area (Å²) in [6, 6.07) is 7.14. The number of nitrogens with zero attached hydrogens (tertiary/aromatic N) is 1. The quantitative estimate of drug-likeness (QED) is 0.682. The lowest BCUT2D eigenvalue weighted by Crippen LogP contribution is -2.17. The normalized spacial score (nSPS) is 11.0. The summed E-state index contributed by atoms with van der Waals surface area (Å²) in [7, 11) is 0. The van der Waals surface area contributed by atoms with Crippen LogP contribution >= 0.6 is 11.3 Å². The van der Waals surface area contributed by atoms with E-state index >= 15 is 0 Å². The van der Waals surface area contributed by atoms with Gasteiger partial charge in [0.25, 0.3) is 5.91 Å². The molecule has 1 aromatic heterocycles. The van der Waals surface area contributed by atoms with Gasteiger partial charge in [-0.3, -0.25) is 14.9 Å². The van der Waals surface area contributed by atoms with Gasteiger partial charge in [0.05, 0.1) is 9.80 Å². The molecule has 0 unspecified atom stereocenters. The third-order valence-corrected chi connectivity index (χ3v) is 3.36. The summed E-state index contributed by atoms with van der Waals surface area (Å²) < 4.78 is 40.0. The number of anilines is 1. The van der Waals surface area contributed by atoms with Gasteiger partial charge in [0.2, 0.25) is 0 Å². The molecular weight excluding hydrogens is 325 g/mol. The molecule has 0 saturated carbocycles. The van der Waals surface area contributed by atoms with Gasteiger partial charge in [0.1, 0.15) is 5.75 Å². The van der Waals surface area contributed by atoms with Crippen molar-refractivity contribution in [1.82, 2.24) is 0 Å². The number of ether oxygens (including phenoxy) is 1. The monoisotopic (exact) mass is 332 g/mol. The summed E-state index contributed by atoms with van der Waals surface area (Å²) >= 11 is 0.660. The minimum Gasteiger partial charge on any atom is -0.406 e. The number of hydrogen-bond donors (Lipinski definition) is 1. The highest BCUT2D eigenvalue weighted by Gasteiger charge is 2.31. The maximum absolute atomic E-state index is 12.1. The van der Waals surface area contributed by atoms with Crippen LogP contribution in [0.4, 0.5) is 23.9 Å². The zero-order chi connectivity index (χ0) is 16.3. The minimum atomic E-state index is -4.84. The summed E-state index contributed by atoms with van der Waals surface area (Å²) in [4.78, 5) is 21.8. The van der Waals surface area contributed by atoms with Crippen LogP contribution in [0.5, 0.6) is 5.75 Å². The van der Waals surface area contributed by atoms with Crippen LogP contribution in [-0.4, -0.2) is 17.2 Å². The van der Waals surface area contributed by atoms with E-state index in [9.17, 15) is 28.1 Å². The van der Waals surface area contributed by atoms with Crippen molar-refractivity contribution in [2.45, 2.75) is 6.36 Å². The molecule has 1 heterocycles. The Labute approximate surface area is 125 Å². The molecule has 0 atom stereocenters. The molecule has 0 bridgehead atoms. The predicted octanol–water partition coefficient (Wildman–Crippen LogP) is 3.81. The van der Waals surface area contributed by atoms with Gasteiger partial charge in [-0.1, -0.05) is 17.4 Å². The SMILES string of the molecule is O=C(Nc1cccc(OC(F)(F)F)c1)c1ccc([N+](=O)[O-])s1. The molecule has 1 N–H and O–H groups in total. The molecule has 6 nitrogen and oxygen atoms in total. The van der Waals surface area contributed by atoms with E-state index in [2.05, 4.69) is 10.1 Å². The number of halogens is 3. The van der Waals surface area contributed by atoms with Crippen molar-refractivity contribution >= 4 is 27.9 Å². The van der Waals surface area contributed by atoms with Crippen LogP contribution in [0.15, 0.2) is 36.4 Å². The second kappa shape index (κ2) is 6.02. The molecule has 0 radical (unpaired) electrons. The van der Waals surface area contributed by atoms with E-state index in [-0.39, 0.29) is 15.6 Å². The highest BCUT2D eigenvalue weighted by Crippen LogP contribution is 2.27. The molecule has 1 aromatic carbocycles. The topological polar surface area (TPSA) is 81.5 Å². The average Bonchev–Trinajstić information content (AvgIpc) is 2.86. The fourth-order valence-corrected chi connectivity index (χ4v) is 2.23. The second-order valence-electron chi connectivity index (χ2n) is 3.92. The highest BCUT2D eigenvalue weighted by molar-refractivity contribution is 7.17. The number of rotatable bonds is 4. The van der Waals surface area contributed by atoms with Gasteiger partial charge < -0.3 is 10.1 Å². The van der Waals surface area contributed by atoms with Crippen LogP contribution < -0.4 is 10.1 Å². The van der Waals surface area contributed by atoms with Gasteiger partial charge in [0, 0.05) is 17.8 Å². The number of benzene rings is 1. The van der Waals surface area contributed by atoms with Gasteiger partial charge in [-0.05, 0) is 18.2 Å². The molecule has 0 aliphatic heterocycles. The fraction of sp³-hybridized carbons (Fsp3) is 0.0833. The van der Waals surface area contributed by atoms with Crippen LogP contribution in [0, 0.1) is 10.1 Å². The number of carbonyl (C=O) groups excluding carboxylic acids is 1. The zero-order valence-corrected chi connectivity index (χ0v) is 11.4. The first-order chi connectivity index (χ1) is 10.2. The van der Waals surface area contributed by atoms with E-state index in [1.165, 1.54) is 24.3 Å². The maximum Gasteiger partial charge on any atom is 0.573 e. The van der Waals surface area contributed by atoms with Crippen LogP contribution in [0.2, 0.25) is 0 Å². The van der Waals surface area contributed by atoms with Crippen molar-refractivity contribution in [2.75, 3.05) is 5.32 Å². The Morgan fingerprint density at radius 2 is 2.00 bits per heavy atom. The van der Waals surface area contributed by atoms with Crippen molar-refractivity contribution in [1.29, 1.82) is 0 Å². The second-order valence-corrected chi connectivity index (χ2v) is 4.99. The van der Waals surface area contributed by atoms with Crippen molar-refractivity contribution in [3.63, 3.8) is 0 Å². The van der Waals surface area contributed by atoms with Gasteiger partial charge >= 0.3 is 11.4 Å². The summed E-state index contributed by atoms with van der Waals surface area (Å²) in [5.74, 6) is -1.15. The minimum absolute atomic E-state index is 0.0637. The molecule has 0 saturated heterocycles. The van der Waals surface area contributed by atoms with Crippen molar-refractivity contribution in [3.05, 3.63) is 51.4 Å². The van der Waals surface area contributed by atoms with E-state index in [1.807, 2.05) is 0 Å². The van der Waals surface area contributed by atoms with E-state index in [4.69, 9.17) is 0 Å². The molecule has 22 heavy (non-hydrogen) atoms. The molecule has 0 aliphatic rings. The van der Waals surface area contributed by atoms with Crippen molar-refractivity contribution in [3.8, 4) is 5.75 Å². The first kappa shape index (κ1) is 15.8. The Kier molecular flexibility index (Phi) is 4.31. The number of alkyl halides is 3. The molecule has 2 aromatic rings. The third kappa shape index (κ3) is 4.19. The molecule has 0 fully saturated rings. The molecule has 0 aliphatic carbocycles. The predicted molar refractivity (Wildman–Crippen MR) is 72.1 cm³/mol. The molecule has 10 heteroatoms.